The van der Waals surface area contributed by atoms with Gasteiger partial charge in [0.25, 0.3) is 0 Å². The van der Waals surface area contributed by atoms with E-state index in [9.17, 15) is 9.59 Å². The number of nitrogens with zero attached hydrogens (tertiary/aromatic N) is 2. The van der Waals surface area contributed by atoms with Crippen molar-refractivity contribution >= 4 is 29.5 Å². The Balaban J connectivity index is 0.00000144. The summed E-state index contributed by atoms with van der Waals surface area (Å²) in [6, 6.07) is 6.34. The standard InChI is InChI=1S/C11H13N3O2.ClH/c1-7(2)13-8-5-3-4-6-9(8)14(10(12)15)11(13)16;/h3-7H,1-2H3,(H2,12,15);1H. The zero-order chi connectivity index (χ0) is 11.9. The van der Waals surface area contributed by atoms with Crippen LogP contribution in [0.4, 0.5) is 4.79 Å². The normalized spacial score (nSPS) is 10.5. The predicted molar refractivity (Wildman–Crippen MR) is 68.8 cm³/mol. The summed E-state index contributed by atoms with van der Waals surface area (Å²) in [4.78, 5) is 23.2. The van der Waals surface area contributed by atoms with Gasteiger partial charge >= 0.3 is 11.7 Å². The van der Waals surface area contributed by atoms with Crippen molar-refractivity contribution in [2.24, 2.45) is 5.73 Å². The fourth-order valence-corrected chi connectivity index (χ4v) is 1.88. The molecule has 2 aromatic rings. The van der Waals surface area contributed by atoms with Crippen LogP contribution in [0.5, 0.6) is 0 Å². The Bertz CT molecular complexity index is 613. The van der Waals surface area contributed by atoms with Gasteiger partial charge in [-0.1, -0.05) is 12.1 Å². The molecule has 0 aliphatic rings. The molecule has 0 spiro atoms. The van der Waals surface area contributed by atoms with Crippen molar-refractivity contribution in [1.82, 2.24) is 9.13 Å². The lowest BCUT2D eigenvalue weighted by Gasteiger charge is -2.05. The molecule has 2 rings (SSSR count). The first-order chi connectivity index (χ1) is 7.54. The Morgan fingerprint density at radius 1 is 1.24 bits per heavy atom. The van der Waals surface area contributed by atoms with Crippen molar-refractivity contribution in [2.45, 2.75) is 19.9 Å². The largest absolute Gasteiger partial charge is 0.351 e. The maximum absolute atomic E-state index is 12.0. The number of carbonyl (C=O) groups is 1. The number of fused-ring (bicyclic) bond motifs is 1. The lowest BCUT2D eigenvalue weighted by Crippen LogP contribution is -2.33. The van der Waals surface area contributed by atoms with E-state index in [1.54, 1.807) is 22.8 Å². The molecule has 0 saturated heterocycles. The van der Waals surface area contributed by atoms with Crippen LogP contribution in [0.3, 0.4) is 0 Å². The molecule has 6 heteroatoms. The molecule has 0 aliphatic carbocycles. The summed E-state index contributed by atoms with van der Waals surface area (Å²) in [5.41, 5.74) is 6.09. The van der Waals surface area contributed by atoms with E-state index < -0.39 is 6.03 Å². The van der Waals surface area contributed by atoms with Crippen LogP contribution in [0.15, 0.2) is 29.1 Å². The molecule has 5 nitrogen and oxygen atoms in total. The highest BCUT2D eigenvalue weighted by atomic mass is 35.5. The zero-order valence-electron chi connectivity index (χ0n) is 9.58. The molecule has 0 bridgehead atoms. The van der Waals surface area contributed by atoms with Gasteiger partial charge in [0.15, 0.2) is 0 Å². The molecule has 0 atom stereocenters. The summed E-state index contributed by atoms with van der Waals surface area (Å²) in [7, 11) is 0. The highest BCUT2D eigenvalue weighted by Crippen LogP contribution is 2.15. The third-order valence-corrected chi connectivity index (χ3v) is 2.52. The van der Waals surface area contributed by atoms with Crippen LogP contribution < -0.4 is 11.4 Å². The van der Waals surface area contributed by atoms with Crippen molar-refractivity contribution in [3.05, 3.63) is 34.7 Å². The second-order valence-electron chi connectivity index (χ2n) is 3.91. The van der Waals surface area contributed by atoms with Gasteiger partial charge in [-0.3, -0.25) is 4.57 Å². The van der Waals surface area contributed by atoms with Gasteiger partial charge in [0.05, 0.1) is 11.0 Å². The minimum Gasteiger partial charge on any atom is -0.351 e. The highest BCUT2D eigenvalue weighted by molar-refractivity contribution is 5.88. The van der Waals surface area contributed by atoms with Crippen molar-refractivity contribution < 1.29 is 4.79 Å². The SMILES string of the molecule is CC(C)n1c(=O)n(C(N)=O)c2ccccc21.Cl. The van der Waals surface area contributed by atoms with E-state index in [1.807, 2.05) is 19.9 Å². The van der Waals surface area contributed by atoms with Crippen LogP contribution in [0.25, 0.3) is 11.0 Å². The average molecular weight is 256 g/mol. The third kappa shape index (κ3) is 1.93. The monoisotopic (exact) mass is 255 g/mol. The molecule has 0 saturated carbocycles. The topological polar surface area (TPSA) is 70.0 Å². The number of para-hydroxylation sites is 2. The fourth-order valence-electron chi connectivity index (χ4n) is 1.88. The van der Waals surface area contributed by atoms with Crippen LogP contribution in [0.2, 0.25) is 0 Å². The number of primary amides is 1. The molecule has 0 aliphatic heterocycles. The fraction of sp³-hybridized carbons (Fsp3) is 0.273. The smallest absolute Gasteiger partial charge is 0.337 e. The number of imidazole rings is 1. The predicted octanol–water partition coefficient (Wildman–Crippen LogP) is 1.73. The van der Waals surface area contributed by atoms with Gasteiger partial charge in [-0.05, 0) is 26.0 Å². The lowest BCUT2D eigenvalue weighted by molar-refractivity contribution is 0.250. The molecule has 0 unspecified atom stereocenters. The molecule has 1 amide bonds. The number of halogens is 1. The van der Waals surface area contributed by atoms with Gasteiger partial charge in [-0.15, -0.1) is 12.4 Å². The van der Waals surface area contributed by atoms with E-state index >= 15 is 0 Å². The Hall–Kier alpha value is -1.75. The molecule has 1 heterocycles. The number of rotatable bonds is 1. The highest BCUT2D eigenvalue weighted by Gasteiger charge is 2.17. The van der Waals surface area contributed by atoms with Gasteiger partial charge in [0, 0.05) is 6.04 Å². The number of hydrogen-bond donors (Lipinski definition) is 1. The maximum Gasteiger partial charge on any atom is 0.337 e. The summed E-state index contributed by atoms with van der Waals surface area (Å²) in [6.45, 7) is 3.78. The maximum atomic E-state index is 12.0. The second-order valence-corrected chi connectivity index (χ2v) is 3.91. The van der Waals surface area contributed by atoms with Crippen molar-refractivity contribution in [3.63, 3.8) is 0 Å². The first-order valence-electron chi connectivity index (χ1n) is 5.06. The molecule has 2 N–H and O–H groups in total. The number of carbonyl (C=O) groups excluding carboxylic acids is 1. The summed E-state index contributed by atoms with van der Waals surface area (Å²) >= 11 is 0. The van der Waals surface area contributed by atoms with Crippen LogP contribution in [0.1, 0.15) is 19.9 Å². The van der Waals surface area contributed by atoms with Gasteiger partial charge in [-0.25, -0.2) is 14.2 Å². The van der Waals surface area contributed by atoms with E-state index in [1.165, 1.54) is 0 Å². The number of nitrogens with two attached hydrogens (primary N) is 1. The molecule has 0 fully saturated rings. The molecular weight excluding hydrogens is 242 g/mol. The summed E-state index contributed by atoms with van der Waals surface area (Å²) in [5.74, 6) is 0. The van der Waals surface area contributed by atoms with Crippen LogP contribution >= 0.6 is 12.4 Å². The van der Waals surface area contributed by atoms with E-state index in [4.69, 9.17) is 5.73 Å². The van der Waals surface area contributed by atoms with Gasteiger partial charge < -0.3 is 5.73 Å². The minimum absolute atomic E-state index is 0. The number of hydrogen-bond acceptors (Lipinski definition) is 2. The molecule has 0 radical (unpaired) electrons. The van der Waals surface area contributed by atoms with E-state index in [-0.39, 0.29) is 24.1 Å². The zero-order valence-corrected chi connectivity index (χ0v) is 10.4. The number of amides is 1. The average Bonchev–Trinajstić information content (AvgIpc) is 2.49. The van der Waals surface area contributed by atoms with E-state index in [0.29, 0.717) is 5.52 Å². The van der Waals surface area contributed by atoms with Crippen LogP contribution in [-0.4, -0.2) is 15.2 Å². The minimum atomic E-state index is -0.749. The van der Waals surface area contributed by atoms with Crippen LogP contribution in [0, 0.1) is 0 Å². The number of aromatic nitrogens is 2. The van der Waals surface area contributed by atoms with Crippen molar-refractivity contribution in [2.75, 3.05) is 0 Å². The van der Waals surface area contributed by atoms with E-state index in [0.717, 1.165) is 10.1 Å². The first kappa shape index (κ1) is 13.3. The van der Waals surface area contributed by atoms with Crippen molar-refractivity contribution in [1.29, 1.82) is 0 Å². The second kappa shape index (κ2) is 4.63. The van der Waals surface area contributed by atoms with Crippen LogP contribution in [-0.2, 0) is 0 Å². The third-order valence-electron chi connectivity index (χ3n) is 2.52. The lowest BCUT2D eigenvalue weighted by atomic mass is 10.3. The number of benzene rings is 1. The van der Waals surface area contributed by atoms with E-state index in [2.05, 4.69) is 0 Å². The Morgan fingerprint density at radius 2 is 1.76 bits per heavy atom. The van der Waals surface area contributed by atoms with Gasteiger partial charge in [0.2, 0.25) is 0 Å². The Kier molecular flexibility index (Phi) is 3.63. The Morgan fingerprint density at radius 3 is 2.24 bits per heavy atom. The molecule has 17 heavy (non-hydrogen) atoms. The van der Waals surface area contributed by atoms with Gasteiger partial charge in [-0.2, -0.15) is 0 Å². The van der Waals surface area contributed by atoms with Gasteiger partial charge in [0.1, 0.15) is 0 Å². The summed E-state index contributed by atoms with van der Waals surface area (Å²) in [6.07, 6.45) is 0. The Labute approximate surface area is 104 Å². The molecule has 92 valence electrons. The quantitative estimate of drug-likeness (QED) is 0.843. The van der Waals surface area contributed by atoms with Crippen molar-refractivity contribution in [3.8, 4) is 0 Å². The molecule has 1 aromatic carbocycles. The molecular formula is C11H14ClN3O2. The molecule has 1 aromatic heterocycles. The summed E-state index contributed by atoms with van der Waals surface area (Å²) in [5, 5.41) is 0. The summed E-state index contributed by atoms with van der Waals surface area (Å²) < 4.78 is 2.55. The first-order valence-corrected chi connectivity index (χ1v) is 5.06.